The van der Waals surface area contributed by atoms with Gasteiger partial charge in [0.15, 0.2) is 0 Å². The maximum Gasteiger partial charge on any atom is 0.484 e. The van der Waals surface area contributed by atoms with Gasteiger partial charge in [-0.1, -0.05) is 6.92 Å². The summed E-state index contributed by atoms with van der Waals surface area (Å²) in [5.41, 5.74) is 0. The molecule has 0 rings (SSSR count). The zero-order valence-electron chi connectivity index (χ0n) is 5.16. The van der Waals surface area contributed by atoms with Crippen LogP contribution in [0, 0.1) is 6.92 Å². The van der Waals surface area contributed by atoms with Gasteiger partial charge in [-0.25, -0.2) is 0 Å². The van der Waals surface area contributed by atoms with Gasteiger partial charge in [0.25, 0.3) is 0 Å². The van der Waals surface area contributed by atoms with Crippen molar-refractivity contribution in [1.82, 2.24) is 5.32 Å². The van der Waals surface area contributed by atoms with Crippen LogP contribution in [0.25, 0.3) is 0 Å². The number of amides is 1. The van der Waals surface area contributed by atoms with Gasteiger partial charge in [0.05, 0.1) is 0 Å². The fourth-order valence-corrected chi connectivity index (χ4v) is 0.381. The highest BCUT2D eigenvalue weighted by Gasteiger charge is 2.29. The molecule has 0 bridgehead atoms. The smallest absolute Gasteiger partial charge is 0.275 e. The quantitative estimate of drug-likeness (QED) is 0.595. The van der Waals surface area contributed by atoms with Gasteiger partial charge >= 0.3 is 6.30 Å². The average Bonchev–Trinajstić information content (AvgIpc) is 1.59. The zero-order valence-corrected chi connectivity index (χ0v) is 5.16. The lowest BCUT2D eigenvalue weighted by Crippen LogP contribution is -2.36. The summed E-state index contributed by atoms with van der Waals surface area (Å²) in [4.78, 5) is 10.2. The number of hydrogen-bond acceptors (Lipinski definition) is 1. The van der Waals surface area contributed by atoms with Crippen LogP contribution in [-0.2, 0) is 4.79 Å². The number of halogens is 3. The first-order valence-corrected chi connectivity index (χ1v) is 2.62. The SMILES string of the molecule is [CH2]CCC(=O)NC(F)(F)F. The van der Waals surface area contributed by atoms with E-state index in [1.54, 1.807) is 0 Å². The lowest BCUT2D eigenvalue weighted by molar-refractivity contribution is -0.169. The van der Waals surface area contributed by atoms with Crippen LogP contribution in [0.2, 0.25) is 0 Å². The minimum absolute atomic E-state index is 0.169. The van der Waals surface area contributed by atoms with E-state index in [9.17, 15) is 18.0 Å². The molecule has 0 fully saturated rings. The Labute approximate surface area is 56.4 Å². The summed E-state index contributed by atoms with van der Waals surface area (Å²) in [5.74, 6) is -1.04. The first-order chi connectivity index (χ1) is 4.45. The molecule has 59 valence electrons. The Morgan fingerprint density at radius 2 is 2.00 bits per heavy atom. The van der Waals surface area contributed by atoms with Gasteiger partial charge in [-0.2, -0.15) is 13.2 Å². The molecule has 1 N–H and O–H groups in total. The highest BCUT2D eigenvalue weighted by atomic mass is 19.4. The Balaban J connectivity index is 3.58. The fourth-order valence-electron chi connectivity index (χ4n) is 0.381. The molecule has 10 heavy (non-hydrogen) atoms. The Hall–Kier alpha value is -0.740. The molecule has 2 nitrogen and oxygen atoms in total. The van der Waals surface area contributed by atoms with Crippen molar-refractivity contribution in [3.8, 4) is 0 Å². The summed E-state index contributed by atoms with van der Waals surface area (Å²) in [6.07, 6.45) is -4.63. The third kappa shape index (κ3) is 5.40. The van der Waals surface area contributed by atoms with E-state index in [-0.39, 0.29) is 12.8 Å². The fraction of sp³-hybridized carbons (Fsp3) is 0.600. The van der Waals surface area contributed by atoms with Gasteiger partial charge in [0.1, 0.15) is 0 Å². The molecule has 0 aliphatic heterocycles. The van der Waals surface area contributed by atoms with Gasteiger partial charge in [-0.05, 0) is 6.42 Å². The van der Waals surface area contributed by atoms with Gasteiger partial charge in [0, 0.05) is 6.42 Å². The highest BCUT2D eigenvalue weighted by Crippen LogP contribution is 2.09. The zero-order chi connectivity index (χ0) is 8.20. The van der Waals surface area contributed by atoms with Crippen LogP contribution in [0.4, 0.5) is 13.2 Å². The molecule has 5 heteroatoms. The predicted molar refractivity (Wildman–Crippen MR) is 28.8 cm³/mol. The van der Waals surface area contributed by atoms with Crippen LogP contribution >= 0.6 is 0 Å². The van der Waals surface area contributed by atoms with E-state index in [0.717, 1.165) is 5.32 Å². The molecule has 0 saturated heterocycles. The van der Waals surface area contributed by atoms with Crippen molar-refractivity contribution in [3.05, 3.63) is 6.92 Å². The highest BCUT2D eigenvalue weighted by molar-refractivity contribution is 5.76. The van der Waals surface area contributed by atoms with E-state index in [4.69, 9.17) is 0 Å². The molecule has 0 aromatic rings. The first kappa shape index (κ1) is 9.26. The second kappa shape index (κ2) is 3.43. The minimum Gasteiger partial charge on any atom is -0.275 e. The number of nitrogens with one attached hydrogen (secondary N) is 1. The first-order valence-electron chi connectivity index (χ1n) is 2.62. The Bertz CT molecular complexity index is 121. The predicted octanol–water partition coefficient (Wildman–Crippen LogP) is 1.24. The maximum absolute atomic E-state index is 11.3. The van der Waals surface area contributed by atoms with E-state index in [1.807, 2.05) is 0 Å². The number of carbonyl (C=O) groups excluding carboxylic acids is 1. The molecule has 1 radical (unpaired) electrons. The van der Waals surface area contributed by atoms with Crippen molar-refractivity contribution in [3.63, 3.8) is 0 Å². The summed E-state index contributed by atoms with van der Waals surface area (Å²) in [5, 5.41) is 0.841. The molecule has 1 amide bonds. The van der Waals surface area contributed by atoms with E-state index in [2.05, 4.69) is 6.92 Å². The van der Waals surface area contributed by atoms with Crippen LogP contribution in [-0.4, -0.2) is 12.2 Å². The van der Waals surface area contributed by atoms with Crippen molar-refractivity contribution < 1.29 is 18.0 Å². The molecule has 0 aromatic carbocycles. The number of hydrogen-bond donors (Lipinski definition) is 1. The normalized spacial score (nSPS) is 11.2. The summed E-state index contributed by atoms with van der Waals surface area (Å²) in [7, 11) is 0. The largest absolute Gasteiger partial charge is 0.484 e. The minimum atomic E-state index is -4.60. The monoisotopic (exact) mass is 154 g/mol. The summed E-state index contributed by atoms with van der Waals surface area (Å²) >= 11 is 0. The molecule has 0 aliphatic rings. The van der Waals surface area contributed by atoms with E-state index >= 15 is 0 Å². The molecule has 0 heterocycles. The standard InChI is InChI=1S/C5H7F3NO/c1-2-3-4(10)9-5(6,7)8/h1-3H2,(H,9,10). The van der Waals surface area contributed by atoms with Crippen LogP contribution in [0.3, 0.4) is 0 Å². The second-order valence-electron chi connectivity index (χ2n) is 1.65. The van der Waals surface area contributed by atoms with Crippen LogP contribution < -0.4 is 5.32 Å². The van der Waals surface area contributed by atoms with Crippen molar-refractivity contribution in [2.24, 2.45) is 0 Å². The molecular formula is C5H7F3NO. The van der Waals surface area contributed by atoms with Gasteiger partial charge in [-0.15, -0.1) is 0 Å². The Morgan fingerprint density at radius 1 is 1.50 bits per heavy atom. The van der Waals surface area contributed by atoms with E-state index in [0.29, 0.717) is 0 Å². The lowest BCUT2D eigenvalue weighted by atomic mass is 10.3. The Kier molecular flexibility index (Phi) is 3.18. The van der Waals surface area contributed by atoms with Crippen molar-refractivity contribution in [2.75, 3.05) is 0 Å². The van der Waals surface area contributed by atoms with Crippen LogP contribution in [0.15, 0.2) is 0 Å². The molecule has 0 unspecified atom stereocenters. The number of rotatable bonds is 2. The van der Waals surface area contributed by atoms with E-state index < -0.39 is 12.2 Å². The van der Waals surface area contributed by atoms with Gasteiger partial charge < -0.3 is 0 Å². The molecule has 0 aromatic heterocycles. The summed E-state index contributed by atoms with van der Waals surface area (Å²) in [6.45, 7) is 3.23. The van der Waals surface area contributed by atoms with Gasteiger partial charge in [0.2, 0.25) is 5.91 Å². The second-order valence-corrected chi connectivity index (χ2v) is 1.65. The topological polar surface area (TPSA) is 29.1 Å². The van der Waals surface area contributed by atoms with Crippen molar-refractivity contribution in [1.29, 1.82) is 0 Å². The summed E-state index contributed by atoms with van der Waals surface area (Å²) in [6, 6.07) is 0. The van der Waals surface area contributed by atoms with Crippen LogP contribution in [0.5, 0.6) is 0 Å². The Morgan fingerprint density at radius 3 is 2.30 bits per heavy atom. The summed E-state index contributed by atoms with van der Waals surface area (Å²) < 4.78 is 33.8. The average molecular weight is 154 g/mol. The van der Waals surface area contributed by atoms with E-state index in [1.165, 1.54) is 0 Å². The van der Waals surface area contributed by atoms with Crippen molar-refractivity contribution >= 4 is 5.91 Å². The lowest BCUT2D eigenvalue weighted by Gasteiger charge is -2.06. The van der Waals surface area contributed by atoms with Gasteiger partial charge in [-0.3, -0.25) is 10.1 Å². The maximum atomic E-state index is 11.3. The number of alkyl halides is 3. The molecule has 0 spiro atoms. The molecule has 0 aliphatic carbocycles. The third-order valence-electron chi connectivity index (χ3n) is 0.685. The molecule has 0 saturated carbocycles. The van der Waals surface area contributed by atoms with Crippen molar-refractivity contribution in [2.45, 2.75) is 19.1 Å². The van der Waals surface area contributed by atoms with Crippen LogP contribution in [0.1, 0.15) is 12.8 Å². The molecule has 0 atom stereocenters. The third-order valence-corrected chi connectivity index (χ3v) is 0.685. The molecular weight excluding hydrogens is 147 g/mol. The number of carbonyl (C=O) groups is 1.